The monoisotopic (exact) mass is 280 g/mol. The molecule has 0 aliphatic heterocycles. The lowest BCUT2D eigenvalue weighted by Crippen LogP contribution is -1.96. The molecule has 0 unspecified atom stereocenters. The molecule has 0 aliphatic rings. The molecule has 0 bridgehead atoms. The molecule has 19 heavy (non-hydrogen) atoms. The molecule has 5 nitrogen and oxygen atoms in total. The number of nitrogens with zero attached hydrogens (tertiary/aromatic N) is 2. The Morgan fingerprint density at radius 3 is 2.74 bits per heavy atom. The average Bonchev–Trinajstić information content (AvgIpc) is 2.40. The number of hydrogen-bond donors (Lipinski definition) is 0. The van der Waals surface area contributed by atoms with Gasteiger partial charge >= 0.3 is 0 Å². The summed E-state index contributed by atoms with van der Waals surface area (Å²) < 4.78 is 16.1. The highest BCUT2D eigenvalue weighted by atomic mass is 35.5. The molecule has 1 aromatic heterocycles. The van der Waals surface area contributed by atoms with Crippen LogP contribution >= 0.6 is 11.6 Å². The summed E-state index contributed by atoms with van der Waals surface area (Å²) >= 11 is 5.90. The first kappa shape index (κ1) is 13.4. The van der Waals surface area contributed by atoms with Crippen LogP contribution in [0.5, 0.6) is 23.1 Å². The van der Waals surface area contributed by atoms with Crippen molar-refractivity contribution in [1.29, 1.82) is 0 Å². The van der Waals surface area contributed by atoms with E-state index in [0.29, 0.717) is 18.1 Å². The summed E-state index contributed by atoms with van der Waals surface area (Å²) in [6, 6.07) is 7.23. The van der Waals surface area contributed by atoms with E-state index < -0.39 is 0 Å². The van der Waals surface area contributed by atoms with Crippen molar-refractivity contribution in [2.75, 3.05) is 13.7 Å². The third-order valence-electron chi connectivity index (χ3n) is 2.26. The first-order valence-corrected chi connectivity index (χ1v) is 6.07. The lowest BCUT2D eigenvalue weighted by Gasteiger charge is -2.10. The van der Waals surface area contributed by atoms with Crippen molar-refractivity contribution in [2.24, 2.45) is 0 Å². The van der Waals surface area contributed by atoms with Crippen molar-refractivity contribution in [3.63, 3.8) is 0 Å². The summed E-state index contributed by atoms with van der Waals surface area (Å²) in [5, 5.41) is 0.202. The van der Waals surface area contributed by atoms with Gasteiger partial charge in [-0.25, -0.2) is 4.98 Å². The topological polar surface area (TPSA) is 53.5 Å². The van der Waals surface area contributed by atoms with Crippen LogP contribution in [-0.4, -0.2) is 23.7 Å². The molecular formula is C13H13ClN2O3. The maximum Gasteiger partial charge on any atom is 0.267 e. The summed E-state index contributed by atoms with van der Waals surface area (Å²) in [7, 11) is 1.48. The van der Waals surface area contributed by atoms with E-state index in [0.717, 1.165) is 5.75 Å². The number of methoxy groups -OCH3 is 1. The minimum absolute atomic E-state index is 0.202. The number of halogens is 1. The molecule has 1 heterocycles. The van der Waals surface area contributed by atoms with E-state index in [1.807, 2.05) is 19.1 Å². The molecule has 6 heteroatoms. The minimum atomic E-state index is 0.202. The van der Waals surface area contributed by atoms with Crippen molar-refractivity contribution < 1.29 is 14.2 Å². The fourth-order valence-electron chi connectivity index (χ4n) is 1.49. The van der Waals surface area contributed by atoms with E-state index in [1.54, 1.807) is 12.1 Å². The van der Waals surface area contributed by atoms with Crippen molar-refractivity contribution in [2.45, 2.75) is 6.92 Å². The lowest BCUT2D eigenvalue weighted by molar-refractivity contribution is 0.336. The molecule has 0 amide bonds. The number of benzene rings is 1. The maximum atomic E-state index is 5.90. The second kappa shape index (κ2) is 6.24. The SMILES string of the molecule is CCOc1cccc(Oc2ncnc(Cl)c2OC)c1. The highest BCUT2D eigenvalue weighted by molar-refractivity contribution is 6.31. The van der Waals surface area contributed by atoms with Gasteiger partial charge in [0.1, 0.15) is 17.8 Å². The lowest BCUT2D eigenvalue weighted by atomic mass is 10.3. The van der Waals surface area contributed by atoms with Gasteiger partial charge in [0.2, 0.25) is 5.75 Å². The third-order valence-corrected chi connectivity index (χ3v) is 2.53. The molecule has 0 fully saturated rings. The van der Waals surface area contributed by atoms with Crippen LogP contribution in [0.1, 0.15) is 6.92 Å². The predicted molar refractivity (Wildman–Crippen MR) is 71.3 cm³/mol. The Labute approximate surface area is 116 Å². The summed E-state index contributed by atoms with van der Waals surface area (Å²) in [5.41, 5.74) is 0. The molecule has 0 saturated heterocycles. The van der Waals surface area contributed by atoms with Crippen molar-refractivity contribution in [1.82, 2.24) is 9.97 Å². The fraction of sp³-hybridized carbons (Fsp3) is 0.231. The van der Waals surface area contributed by atoms with Crippen LogP contribution in [-0.2, 0) is 0 Å². The highest BCUT2D eigenvalue weighted by Gasteiger charge is 2.12. The number of rotatable bonds is 5. The van der Waals surface area contributed by atoms with E-state index in [-0.39, 0.29) is 11.0 Å². The number of aromatic nitrogens is 2. The Morgan fingerprint density at radius 1 is 1.21 bits per heavy atom. The number of hydrogen-bond acceptors (Lipinski definition) is 5. The fourth-order valence-corrected chi connectivity index (χ4v) is 1.69. The van der Waals surface area contributed by atoms with Gasteiger partial charge in [0, 0.05) is 6.07 Å². The Kier molecular flexibility index (Phi) is 4.41. The Hall–Kier alpha value is -2.01. The molecule has 0 N–H and O–H groups in total. The Bertz CT molecular complexity index is 563. The summed E-state index contributed by atoms with van der Waals surface area (Å²) in [6.45, 7) is 2.51. The standard InChI is InChI=1S/C13H13ClN2O3/c1-3-18-9-5-4-6-10(7-9)19-13-11(17-2)12(14)15-8-16-13/h4-8H,3H2,1-2H3. The maximum absolute atomic E-state index is 5.90. The predicted octanol–water partition coefficient (Wildman–Crippen LogP) is 3.33. The molecule has 2 aromatic rings. The van der Waals surface area contributed by atoms with Crippen molar-refractivity contribution in [3.8, 4) is 23.1 Å². The first-order valence-electron chi connectivity index (χ1n) is 5.69. The summed E-state index contributed by atoms with van der Waals surface area (Å²) in [6.07, 6.45) is 1.31. The second-order valence-electron chi connectivity index (χ2n) is 3.51. The van der Waals surface area contributed by atoms with Crippen molar-refractivity contribution in [3.05, 3.63) is 35.7 Å². The molecule has 0 saturated carbocycles. The van der Waals surface area contributed by atoms with Crippen LogP contribution in [0.15, 0.2) is 30.6 Å². The zero-order valence-corrected chi connectivity index (χ0v) is 11.3. The van der Waals surface area contributed by atoms with Gasteiger partial charge in [-0.2, -0.15) is 4.98 Å². The first-order chi connectivity index (χ1) is 9.24. The van der Waals surface area contributed by atoms with Gasteiger partial charge in [-0.1, -0.05) is 17.7 Å². The molecular weight excluding hydrogens is 268 g/mol. The van der Waals surface area contributed by atoms with Gasteiger partial charge in [0.05, 0.1) is 13.7 Å². The molecule has 0 aliphatic carbocycles. The Morgan fingerprint density at radius 2 is 2.00 bits per heavy atom. The molecule has 0 atom stereocenters. The smallest absolute Gasteiger partial charge is 0.267 e. The van der Waals surface area contributed by atoms with Gasteiger partial charge in [-0.3, -0.25) is 0 Å². The van der Waals surface area contributed by atoms with E-state index in [9.17, 15) is 0 Å². The minimum Gasteiger partial charge on any atom is -0.494 e. The molecule has 0 radical (unpaired) electrons. The molecule has 2 rings (SSSR count). The van der Waals surface area contributed by atoms with E-state index >= 15 is 0 Å². The quantitative estimate of drug-likeness (QED) is 0.786. The van der Waals surface area contributed by atoms with E-state index in [2.05, 4.69) is 9.97 Å². The summed E-state index contributed by atoms with van der Waals surface area (Å²) in [4.78, 5) is 7.82. The third kappa shape index (κ3) is 3.26. The molecule has 0 spiro atoms. The van der Waals surface area contributed by atoms with Crippen LogP contribution in [0.3, 0.4) is 0 Å². The average molecular weight is 281 g/mol. The highest BCUT2D eigenvalue weighted by Crippen LogP contribution is 2.34. The molecule has 1 aromatic carbocycles. The second-order valence-corrected chi connectivity index (χ2v) is 3.87. The van der Waals surface area contributed by atoms with Crippen LogP contribution in [0.2, 0.25) is 5.15 Å². The van der Waals surface area contributed by atoms with Gasteiger partial charge in [-0.15, -0.1) is 0 Å². The Balaban J connectivity index is 2.26. The van der Waals surface area contributed by atoms with Crippen LogP contribution in [0.25, 0.3) is 0 Å². The summed E-state index contributed by atoms with van der Waals surface area (Å²) in [5.74, 6) is 1.86. The largest absolute Gasteiger partial charge is 0.494 e. The van der Waals surface area contributed by atoms with E-state index in [1.165, 1.54) is 13.4 Å². The van der Waals surface area contributed by atoms with Gasteiger partial charge in [-0.05, 0) is 19.1 Å². The van der Waals surface area contributed by atoms with Gasteiger partial charge in [0.15, 0.2) is 5.15 Å². The normalized spacial score (nSPS) is 10.1. The number of ether oxygens (including phenoxy) is 3. The van der Waals surface area contributed by atoms with Crippen LogP contribution in [0.4, 0.5) is 0 Å². The van der Waals surface area contributed by atoms with Gasteiger partial charge in [0.25, 0.3) is 5.88 Å². The van der Waals surface area contributed by atoms with E-state index in [4.69, 9.17) is 25.8 Å². The van der Waals surface area contributed by atoms with Crippen molar-refractivity contribution >= 4 is 11.6 Å². The zero-order valence-electron chi connectivity index (χ0n) is 10.6. The zero-order chi connectivity index (χ0) is 13.7. The molecule has 100 valence electrons. The van der Waals surface area contributed by atoms with Crippen LogP contribution in [0, 0.1) is 0 Å². The van der Waals surface area contributed by atoms with Gasteiger partial charge < -0.3 is 14.2 Å². The van der Waals surface area contributed by atoms with Crippen LogP contribution < -0.4 is 14.2 Å².